The van der Waals surface area contributed by atoms with Crippen molar-refractivity contribution in [2.45, 2.75) is 11.8 Å². The molecule has 3 amide bonds. The largest absolute Gasteiger partial charge is 0.348 e. The Bertz CT molecular complexity index is 804. The van der Waals surface area contributed by atoms with E-state index in [1.54, 1.807) is 50.5 Å². The summed E-state index contributed by atoms with van der Waals surface area (Å²) in [6, 6.07) is 14.0. The smallest absolute Gasteiger partial charge is 0.256 e. The molecule has 0 saturated heterocycles. The Balaban J connectivity index is 2.07. The zero-order valence-electron chi connectivity index (χ0n) is 14.9. The lowest BCUT2D eigenvalue weighted by molar-refractivity contribution is -0.125. The molecule has 0 unspecified atom stereocenters. The van der Waals surface area contributed by atoms with Crippen LogP contribution in [0.25, 0.3) is 0 Å². The molecule has 0 radical (unpaired) electrons. The Kier molecular flexibility index (Phi) is 6.80. The second-order valence-electron chi connectivity index (χ2n) is 5.79. The third-order valence-electron chi connectivity index (χ3n) is 3.44. The van der Waals surface area contributed by atoms with Crippen molar-refractivity contribution in [1.29, 1.82) is 0 Å². The molecule has 0 aliphatic rings. The molecule has 0 heterocycles. The number of amides is 3. The van der Waals surface area contributed by atoms with Crippen molar-refractivity contribution in [3.63, 3.8) is 0 Å². The molecule has 6 nitrogen and oxygen atoms in total. The van der Waals surface area contributed by atoms with Gasteiger partial charge in [-0.1, -0.05) is 12.1 Å². The van der Waals surface area contributed by atoms with Gasteiger partial charge in [-0.2, -0.15) is 0 Å². The molecule has 0 aliphatic heterocycles. The van der Waals surface area contributed by atoms with Gasteiger partial charge in [0.2, 0.25) is 11.8 Å². The SMILES string of the molecule is CC(=O)Nc1ccc(NC(=O)c2ccccc2SCC(=O)N(C)C)cc1. The Morgan fingerprint density at radius 2 is 1.50 bits per heavy atom. The molecule has 0 saturated carbocycles. The minimum Gasteiger partial charge on any atom is -0.348 e. The van der Waals surface area contributed by atoms with Crippen LogP contribution in [0.15, 0.2) is 53.4 Å². The topological polar surface area (TPSA) is 78.5 Å². The number of anilines is 2. The van der Waals surface area contributed by atoms with Crippen molar-refractivity contribution in [2.75, 3.05) is 30.5 Å². The maximum atomic E-state index is 12.6. The van der Waals surface area contributed by atoms with Crippen LogP contribution in [0.1, 0.15) is 17.3 Å². The summed E-state index contributed by atoms with van der Waals surface area (Å²) < 4.78 is 0. The highest BCUT2D eigenvalue weighted by atomic mass is 32.2. The van der Waals surface area contributed by atoms with E-state index in [-0.39, 0.29) is 23.5 Å². The van der Waals surface area contributed by atoms with Crippen molar-refractivity contribution in [3.8, 4) is 0 Å². The van der Waals surface area contributed by atoms with Gasteiger partial charge in [0.25, 0.3) is 5.91 Å². The Labute approximate surface area is 157 Å². The number of hydrogen-bond donors (Lipinski definition) is 2. The predicted octanol–water partition coefficient (Wildman–Crippen LogP) is 3.08. The lowest BCUT2D eigenvalue weighted by Crippen LogP contribution is -2.23. The molecule has 2 aromatic rings. The molecule has 2 aromatic carbocycles. The Morgan fingerprint density at radius 3 is 2.08 bits per heavy atom. The van der Waals surface area contributed by atoms with Gasteiger partial charge < -0.3 is 15.5 Å². The molecule has 0 bridgehead atoms. The van der Waals surface area contributed by atoms with E-state index in [2.05, 4.69) is 10.6 Å². The maximum absolute atomic E-state index is 12.6. The van der Waals surface area contributed by atoms with Gasteiger partial charge in [-0.3, -0.25) is 14.4 Å². The standard InChI is InChI=1S/C19H21N3O3S/c1-13(23)20-14-8-10-15(11-9-14)21-19(25)16-6-4-5-7-17(16)26-12-18(24)22(2)3/h4-11H,12H2,1-3H3,(H,20,23)(H,21,25). The van der Waals surface area contributed by atoms with Gasteiger partial charge in [-0.25, -0.2) is 0 Å². The van der Waals surface area contributed by atoms with Crippen molar-refractivity contribution >= 4 is 40.9 Å². The van der Waals surface area contributed by atoms with E-state index in [1.807, 2.05) is 12.1 Å². The van der Waals surface area contributed by atoms with Crippen molar-refractivity contribution in [1.82, 2.24) is 4.90 Å². The molecule has 136 valence electrons. The van der Waals surface area contributed by atoms with E-state index in [1.165, 1.54) is 23.6 Å². The van der Waals surface area contributed by atoms with Crippen LogP contribution in [-0.2, 0) is 9.59 Å². The average Bonchev–Trinajstić information content (AvgIpc) is 2.61. The first-order valence-electron chi connectivity index (χ1n) is 7.98. The number of hydrogen-bond acceptors (Lipinski definition) is 4. The van der Waals surface area contributed by atoms with Crippen LogP contribution in [0, 0.1) is 0 Å². The summed E-state index contributed by atoms with van der Waals surface area (Å²) in [4.78, 5) is 37.7. The summed E-state index contributed by atoms with van der Waals surface area (Å²) in [7, 11) is 3.40. The maximum Gasteiger partial charge on any atom is 0.256 e. The summed E-state index contributed by atoms with van der Waals surface area (Å²) in [5.41, 5.74) is 1.79. The molecule has 0 aliphatic carbocycles. The molecular formula is C19H21N3O3S. The summed E-state index contributed by atoms with van der Waals surface area (Å²) in [5, 5.41) is 5.50. The van der Waals surface area contributed by atoms with Crippen LogP contribution in [-0.4, -0.2) is 42.5 Å². The first-order chi connectivity index (χ1) is 12.4. The second kappa shape index (κ2) is 9.05. The number of benzene rings is 2. The third kappa shape index (κ3) is 5.63. The highest BCUT2D eigenvalue weighted by Crippen LogP contribution is 2.24. The average molecular weight is 371 g/mol. The monoisotopic (exact) mass is 371 g/mol. The molecule has 2 N–H and O–H groups in total. The van der Waals surface area contributed by atoms with Crippen LogP contribution in [0.4, 0.5) is 11.4 Å². The summed E-state index contributed by atoms with van der Waals surface area (Å²) in [5.74, 6) is -0.153. The fraction of sp³-hybridized carbons (Fsp3) is 0.211. The molecule has 0 spiro atoms. The van der Waals surface area contributed by atoms with Crippen LogP contribution in [0.2, 0.25) is 0 Å². The minimum atomic E-state index is -0.252. The Morgan fingerprint density at radius 1 is 0.923 bits per heavy atom. The normalized spacial score (nSPS) is 10.1. The van der Waals surface area contributed by atoms with E-state index in [9.17, 15) is 14.4 Å². The van der Waals surface area contributed by atoms with Gasteiger partial charge >= 0.3 is 0 Å². The van der Waals surface area contributed by atoms with Crippen LogP contribution < -0.4 is 10.6 Å². The van der Waals surface area contributed by atoms with Gasteiger partial charge in [-0.15, -0.1) is 11.8 Å². The van der Waals surface area contributed by atoms with Crippen molar-refractivity contribution < 1.29 is 14.4 Å². The van der Waals surface area contributed by atoms with Crippen molar-refractivity contribution in [3.05, 3.63) is 54.1 Å². The zero-order valence-corrected chi connectivity index (χ0v) is 15.7. The summed E-state index contributed by atoms with van der Waals surface area (Å²) in [6.07, 6.45) is 0. The van der Waals surface area contributed by atoms with E-state index in [0.29, 0.717) is 16.9 Å². The predicted molar refractivity (Wildman–Crippen MR) is 105 cm³/mol. The molecule has 0 fully saturated rings. The fourth-order valence-corrected chi connectivity index (χ4v) is 3.12. The van der Waals surface area contributed by atoms with E-state index >= 15 is 0 Å². The highest BCUT2D eigenvalue weighted by Gasteiger charge is 2.13. The molecule has 0 atom stereocenters. The Hall–Kier alpha value is -2.80. The van der Waals surface area contributed by atoms with E-state index in [4.69, 9.17) is 0 Å². The molecule has 0 aromatic heterocycles. The first kappa shape index (κ1) is 19.5. The minimum absolute atomic E-state index is 0.0150. The van der Waals surface area contributed by atoms with E-state index < -0.39 is 0 Å². The van der Waals surface area contributed by atoms with Crippen LogP contribution >= 0.6 is 11.8 Å². The molecule has 2 rings (SSSR count). The quantitative estimate of drug-likeness (QED) is 0.765. The summed E-state index contributed by atoms with van der Waals surface area (Å²) >= 11 is 1.33. The zero-order chi connectivity index (χ0) is 19.1. The summed E-state index contributed by atoms with van der Waals surface area (Å²) in [6.45, 7) is 1.44. The number of carbonyl (C=O) groups excluding carboxylic acids is 3. The van der Waals surface area contributed by atoms with Crippen molar-refractivity contribution in [2.24, 2.45) is 0 Å². The van der Waals surface area contributed by atoms with Crippen LogP contribution in [0.3, 0.4) is 0 Å². The fourth-order valence-electron chi connectivity index (χ4n) is 2.09. The van der Waals surface area contributed by atoms with Gasteiger partial charge in [0, 0.05) is 37.3 Å². The molecule has 26 heavy (non-hydrogen) atoms. The van der Waals surface area contributed by atoms with Crippen LogP contribution in [0.5, 0.6) is 0 Å². The van der Waals surface area contributed by atoms with Gasteiger partial charge in [0.05, 0.1) is 11.3 Å². The lowest BCUT2D eigenvalue weighted by atomic mass is 10.2. The molecule has 7 heteroatoms. The van der Waals surface area contributed by atoms with E-state index in [0.717, 1.165) is 4.90 Å². The lowest BCUT2D eigenvalue weighted by Gasteiger charge is -2.12. The number of thioether (sulfide) groups is 1. The van der Waals surface area contributed by atoms with Gasteiger partial charge in [0.1, 0.15) is 0 Å². The number of rotatable bonds is 6. The first-order valence-corrected chi connectivity index (χ1v) is 8.96. The second-order valence-corrected chi connectivity index (χ2v) is 6.80. The highest BCUT2D eigenvalue weighted by molar-refractivity contribution is 8.00. The number of carbonyl (C=O) groups is 3. The van der Waals surface area contributed by atoms with Gasteiger partial charge in [-0.05, 0) is 36.4 Å². The third-order valence-corrected chi connectivity index (χ3v) is 4.50. The molecular weight excluding hydrogens is 350 g/mol. The van der Waals surface area contributed by atoms with Gasteiger partial charge in [0.15, 0.2) is 0 Å². The number of nitrogens with zero attached hydrogens (tertiary/aromatic N) is 1. The number of nitrogens with one attached hydrogen (secondary N) is 2.